The summed E-state index contributed by atoms with van der Waals surface area (Å²) in [6, 6.07) is 22.5. The van der Waals surface area contributed by atoms with Crippen molar-refractivity contribution >= 4 is 33.6 Å². The van der Waals surface area contributed by atoms with Crippen LogP contribution >= 0.6 is 15.9 Å². The molecule has 4 nitrogen and oxygen atoms in total. The van der Waals surface area contributed by atoms with Crippen LogP contribution in [-0.4, -0.2) is 5.91 Å². The lowest BCUT2D eigenvalue weighted by Crippen LogP contribution is -2.14. The molecule has 0 heterocycles. The SMILES string of the molecule is N#C/C(=C\c1ccc(OCc2ccc(Br)cc2)cc1)C(=O)Nc1ccccc1F. The number of rotatable bonds is 6. The highest BCUT2D eigenvalue weighted by molar-refractivity contribution is 9.10. The minimum absolute atomic E-state index is 0.0235. The van der Waals surface area contributed by atoms with Gasteiger partial charge in [-0.3, -0.25) is 4.79 Å². The predicted molar refractivity (Wildman–Crippen MR) is 114 cm³/mol. The number of nitrogens with zero attached hydrogens (tertiary/aromatic N) is 1. The topological polar surface area (TPSA) is 62.1 Å². The van der Waals surface area contributed by atoms with E-state index < -0.39 is 11.7 Å². The van der Waals surface area contributed by atoms with E-state index in [0.29, 0.717) is 17.9 Å². The molecule has 6 heteroatoms. The van der Waals surface area contributed by atoms with E-state index in [4.69, 9.17) is 4.74 Å². The lowest BCUT2D eigenvalue weighted by Gasteiger charge is -2.07. The first-order valence-corrected chi connectivity index (χ1v) is 9.49. The molecule has 0 atom stereocenters. The van der Waals surface area contributed by atoms with Crippen LogP contribution in [0, 0.1) is 17.1 Å². The molecule has 0 aromatic heterocycles. The number of amides is 1. The number of carbonyl (C=O) groups is 1. The molecular weight excluding hydrogens is 435 g/mol. The van der Waals surface area contributed by atoms with Crippen LogP contribution in [0.4, 0.5) is 10.1 Å². The highest BCUT2D eigenvalue weighted by Crippen LogP contribution is 2.18. The number of ether oxygens (including phenoxy) is 1. The van der Waals surface area contributed by atoms with Gasteiger partial charge in [0.2, 0.25) is 0 Å². The van der Waals surface area contributed by atoms with Crippen LogP contribution in [0.15, 0.2) is 82.8 Å². The molecule has 0 aliphatic rings. The van der Waals surface area contributed by atoms with Crippen molar-refractivity contribution in [2.24, 2.45) is 0 Å². The number of nitrogens with one attached hydrogen (secondary N) is 1. The Bertz CT molecular complexity index is 1070. The largest absolute Gasteiger partial charge is 0.489 e. The maximum absolute atomic E-state index is 13.7. The molecule has 0 saturated carbocycles. The average molecular weight is 451 g/mol. The van der Waals surface area contributed by atoms with Crippen LogP contribution in [0.2, 0.25) is 0 Å². The number of nitriles is 1. The van der Waals surface area contributed by atoms with Crippen molar-refractivity contribution in [1.29, 1.82) is 5.26 Å². The fourth-order valence-electron chi connectivity index (χ4n) is 2.48. The Morgan fingerprint density at radius 2 is 1.76 bits per heavy atom. The van der Waals surface area contributed by atoms with Gasteiger partial charge in [-0.15, -0.1) is 0 Å². The van der Waals surface area contributed by atoms with Crippen LogP contribution in [0.3, 0.4) is 0 Å². The number of para-hydroxylation sites is 1. The van der Waals surface area contributed by atoms with Gasteiger partial charge in [0.15, 0.2) is 0 Å². The molecule has 0 aliphatic carbocycles. The summed E-state index contributed by atoms with van der Waals surface area (Å²) >= 11 is 3.39. The summed E-state index contributed by atoms with van der Waals surface area (Å²) in [5.74, 6) is -0.571. The summed E-state index contributed by atoms with van der Waals surface area (Å²) in [5, 5.41) is 11.7. The lowest BCUT2D eigenvalue weighted by molar-refractivity contribution is -0.112. The van der Waals surface area contributed by atoms with Crippen molar-refractivity contribution in [3.8, 4) is 11.8 Å². The summed E-state index contributed by atoms with van der Waals surface area (Å²) in [6.07, 6.45) is 1.44. The van der Waals surface area contributed by atoms with Gasteiger partial charge in [-0.05, 0) is 53.6 Å². The molecular formula is C23H16BrFN2O2. The first-order valence-electron chi connectivity index (χ1n) is 8.70. The van der Waals surface area contributed by atoms with E-state index in [9.17, 15) is 14.4 Å². The van der Waals surface area contributed by atoms with Gasteiger partial charge >= 0.3 is 0 Å². The minimum Gasteiger partial charge on any atom is -0.489 e. The lowest BCUT2D eigenvalue weighted by atomic mass is 10.1. The monoisotopic (exact) mass is 450 g/mol. The van der Waals surface area contributed by atoms with E-state index in [2.05, 4.69) is 21.2 Å². The van der Waals surface area contributed by atoms with Crippen molar-refractivity contribution in [1.82, 2.24) is 0 Å². The van der Waals surface area contributed by atoms with Crippen molar-refractivity contribution in [3.63, 3.8) is 0 Å². The van der Waals surface area contributed by atoms with Gasteiger partial charge in [-0.2, -0.15) is 5.26 Å². The van der Waals surface area contributed by atoms with Crippen molar-refractivity contribution in [2.75, 3.05) is 5.32 Å². The molecule has 144 valence electrons. The van der Waals surface area contributed by atoms with Crippen LogP contribution in [0.5, 0.6) is 5.75 Å². The second-order valence-corrected chi connectivity index (χ2v) is 7.00. The summed E-state index contributed by atoms with van der Waals surface area (Å²) in [7, 11) is 0. The fraction of sp³-hybridized carbons (Fsp3) is 0.0435. The Balaban J connectivity index is 1.65. The van der Waals surface area contributed by atoms with Crippen molar-refractivity contribution in [3.05, 3.63) is 99.8 Å². The number of halogens is 2. The molecule has 3 aromatic rings. The molecule has 0 fully saturated rings. The second kappa shape index (κ2) is 9.67. The first-order chi connectivity index (χ1) is 14.0. The maximum atomic E-state index is 13.7. The van der Waals surface area contributed by atoms with Gasteiger partial charge in [-0.25, -0.2) is 4.39 Å². The van der Waals surface area contributed by atoms with Crippen LogP contribution in [-0.2, 0) is 11.4 Å². The van der Waals surface area contributed by atoms with E-state index in [1.165, 1.54) is 24.3 Å². The van der Waals surface area contributed by atoms with E-state index >= 15 is 0 Å². The zero-order valence-corrected chi connectivity index (χ0v) is 16.8. The molecule has 0 saturated heterocycles. The summed E-state index contributed by atoms with van der Waals surface area (Å²) < 4.78 is 20.4. The van der Waals surface area contributed by atoms with E-state index in [0.717, 1.165) is 10.0 Å². The smallest absolute Gasteiger partial charge is 0.266 e. The molecule has 0 bridgehead atoms. The van der Waals surface area contributed by atoms with Gasteiger partial charge in [0, 0.05) is 4.47 Å². The number of hydrogen-bond donors (Lipinski definition) is 1. The average Bonchev–Trinajstić information content (AvgIpc) is 2.74. The number of carbonyl (C=O) groups excluding carboxylic acids is 1. The van der Waals surface area contributed by atoms with Crippen LogP contribution < -0.4 is 10.1 Å². The summed E-state index contributed by atoms with van der Waals surface area (Å²) in [6.45, 7) is 0.428. The molecule has 3 aromatic carbocycles. The molecule has 1 amide bonds. The zero-order chi connectivity index (χ0) is 20.6. The van der Waals surface area contributed by atoms with Crippen molar-refractivity contribution in [2.45, 2.75) is 6.61 Å². The fourth-order valence-corrected chi connectivity index (χ4v) is 2.74. The molecule has 1 N–H and O–H groups in total. The Hall–Kier alpha value is -3.43. The molecule has 0 spiro atoms. The number of benzene rings is 3. The standard InChI is InChI=1S/C23H16BrFN2O2/c24-19-9-5-17(6-10-19)15-29-20-11-7-16(8-12-20)13-18(14-26)23(28)27-22-4-2-1-3-21(22)25/h1-13H,15H2,(H,27,28)/b18-13+. The van der Waals surface area contributed by atoms with Crippen LogP contribution in [0.1, 0.15) is 11.1 Å². The Kier molecular flexibility index (Phi) is 6.77. The highest BCUT2D eigenvalue weighted by atomic mass is 79.9. The molecule has 0 radical (unpaired) electrons. The van der Waals surface area contributed by atoms with Gasteiger partial charge in [0.05, 0.1) is 5.69 Å². The third-order valence-corrected chi connectivity index (χ3v) is 4.53. The van der Waals surface area contributed by atoms with Crippen molar-refractivity contribution < 1.29 is 13.9 Å². The number of anilines is 1. The Morgan fingerprint density at radius 3 is 2.41 bits per heavy atom. The number of hydrogen-bond acceptors (Lipinski definition) is 3. The Labute approximate surface area is 176 Å². The van der Waals surface area contributed by atoms with Gasteiger partial charge < -0.3 is 10.1 Å². The normalized spacial score (nSPS) is 10.9. The third-order valence-electron chi connectivity index (χ3n) is 4.00. The molecule has 0 aliphatic heterocycles. The van der Waals surface area contributed by atoms with Gasteiger partial charge in [0.25, 0.3) is 5.91 Å². The predicted octanol–water partition coefficient (Wildman–Crippen LogP) is 5.71. The van der Waals surface area contributed by atoms with Gasteiger partial charge in [-0.1, -0.05) is 52.3 Å². The molecule has 3 rings (SSSR count). The van der Waals surface area contributed by atoms with E-state index in [1.54, 1.807) is 30.3 Å². The summed E-state index contributed by atoms with van der Waals surface area (Å²) in [4.78, 5) is 12.3. The van der Waals surface area contributed by atoms with E-state index in [-0.39, 0.29) is 11.3 Å². The Morgan fingerprint density at radius 1 is 1.07 bits per heavy atom. The summed E-state index contributed by atoms with van der Waals surface area (Å²) in [5.41, 5.74) is 1.59. The van der Waals surface area contributed by atoms with Crippen LogP contribution in [0.25, 0.3) is 6.08 Å². The quantitative estimate of drug-likeness (QED) is 0.386. The second-order valence-electron chi connectivity index (χ2n) is 6.09. The van der Waals surface area contributed by atoms with E-state index in [1.807, 2.05) is 30.3 Å². The first kappa shape index (κ1) is 20.3. The van der Waals surface area contributed by atoms with Gasteiger partial charge in [0.1, 0.15) is 29.8 Å². The third kappa shape index (κ3) is 5.77. The minimum atomic E-state index is -0.673. The zero-order valence-electron chi connectivity index (χ0n) is 15.2. The maximum Gasteiger partial charge on any atom is 0.266 e. The molecule has 0 unspecified atom stereocenters. The highest BCUT2D eigenvalue weighted by Gasteiger charge is 2.11. The molecule has 29 heavy (non-hydrogen) atoms.